The van der Waals surface area contributed by atoms with Crippen molar-refractivity contribution in [2.75, 3.05) is 0 Å². The molecule has 0 spiro atoms. The number of carboxylic acid groups (broad SMARTS) is 1. The van der Waals surface area contributed by atoms with E-state index in [9.17, 15) is 9.18 Å². The minimum Gasteiger partial charge on any atom is -0.481 e. The Hall–Kier alpha value is -0.900. The fourth-order valence-corrected chi connectivity index (χ4v) is 2.13. The van der Waals surface area contributed by atoms with Crippen molar-refractivity contribution in [3.8, 4) is 0 Å². The summed E-state index contributed by atoms with van der Waals surface area (Å²) in [4.78, 5) is 11.1. The molecule has 17 heavy (non-hydrogen) atoms. The summed E-state index contributed by atoms with van der Waals surface area (Å²) in [6, 6.07) is 4.73. The summed E-state index contributed by atoms with van der Waals surface area (Å²) in [6.07, 6.45) is 0.803. The van der Waals surface area contributed by atoms with Crippen LogP contribution in [0.1, 0.15) is 25.8 Å². The van der Waals surface area contributed by atoms with Crippen molar-refractivity contribution in [1.29, 1.82) is 0 Å². The number of carboxylic acids is 1. The van der Waals surface area contributed by atoms with Crippen LogP contribution in [-0.2, 0) is 11.2 Å². The Morgan fingerprint density at radius 2 is 2.12 bits per heavy atom. The molecule has 0 amide bonds. The molecule has 0 saturated carbocycles. The molecule has 2 nitrogen and oxygen atoms in total. The summed E-state index contributed by atoms with van der Waals surface area (Å²) >= 11 is 3.18. The Bertz CT molecular complexity index is 404. The van der Waals surface area contributed by atoms with Crippen LogP contribution in [0.2, 0.25) is 0 Å². The summed E-state index contributed by atoms with van der Waals surface area (Å²) < 4.78 is 14.3. The van der Waals surface area contributed by atoms with Crippen LogP contribution in [0, 0.1) is 17.7 Å². The van der Waals surface area contributed by atoms with Gasteiger partial charge in [0.2, 0.25) is 0 Å². The first-order valence-electron chi connectivity index (χ1n) is 5.57. The molecule has 0 aliphatic carbocycles. The average Bonchev–Trinajstić information content (AvgIpc) is 2.19. The molecule has 1 unspecified atom stereocenters. The third-order valence-corrected chi connectivity index (χ3v) is 3.08. The van der Waals surface area contributed by atoms with E-state index in [1.807, 2.05) is 13.8 Å². The molecule has 0 saturated heterocycles. The van der Waals surface area contributed by atoms with Gasteiger partial charge in [0.15, 0.2) is 0 Å². The van der Waals surface area contributed by atoms with E-state index in [1.165, 1.54) is 6.07 Å². The second-order valence-electron chi connectivity index (χ2n) is 4.60. The standard InChI is InChI=1S/C13H16BrFO2/c1-8(2)5-10(13(16)17)6-9-3-4-11(14)7-12(9)15/h3-4,7-8,10H,5-6H2,1-2H3,(H,16,17). The van der Waals surface area contributed by atoms with Gasteiger partial charge in [-0.2, -0.15) is 0 Å². The molecule has 0 bridgehead atoms. The molecule has 1 aromatic carbocycles. The minimum absolute atomic E-state index is 0.243. The van der Waals surface area contributed by atoms with Gasteiger partial charge in [-0.25, -0.2) is 4.39 Å². The van der Waals surface area contributed by atoms with Gasteiger partial charge in [-0.3, -0.25) is 4.79 Å². The van der Waals surface area contributed by atoms with Gasteiger partial charge >= 0.3 is 5.97 Å². The highest BCUT2D eigenvalue weighted by Crippen LogP contribution is 2.22. The monoisotopic (exact) mass is 302 g/mol. The first-order valence-corrected chi connectivity index (χ1v) is 6.36. The van der Waals surface area contributed by atoms with Gasteiger partial charge in [0.25, 0.3) is 0 Å². The first-order chi connectivity index (χ1) is 7.90. The zero-order valence-electron chi connectivity index (χ0n) is 9.91. The van der Waals surface area contributed by atoms with Gasteiger partial charge in [0.05, 0.1) is 5.92 Å². The molecule has 1 rings (SSSR count). The zero-order chi connectivity index (χ0) is 13.0. The maximum absolute atomic E-state index is 13.6. The molecule has 94 valence electrons. The van der Waals surface area contributed by atoms with Gasteiger partial charge in [-0.05, 0) is 36.5 Å². The number of aliphatic carboxylic acids is 1. The van der Waals surface area contributed by atoms with Crippen molar-refractivity contribution in [3.63, 3.8) is 0 Å². The van der Waals surface area contributed by atoms with Crippen LogP contribution in [-0.4, -0.2) is 11.1 Å². The maximum atomic E-state index is 13.6. The van der Waals surface area contributed by atoms with E-state index in [4.69, 9.17) is 5.11 Å². The number of carbonyl (C=O) groups is 1. The lowest BCUT2D eigenvalue weighted by Crippen LogP contribution is -2.19. The third-order valence-electron chi connectivity index (χ3n) is 2.59. The molecule has 1 atom stereocenters. The number of hydrogen-bond donors (Lipinski definition) is 1. The van der Waals surface area contributed by atoms with Crippen molar-refractivity contribution < 1.29 is 14.3 Å². The molecule has 4 heteroatoms. The fraction of sp³-hybridized carbons (Fsp3) is 0.462. The molecule has 0 fully saturated rings. The first kappa shape index (κ1) is 14.2. The largest absolute Gasteiger partial charge is 0.481 e. The summed E-state index contributed by atoms with van der Waals surface area (Å²) in [7, 11) is 0. The molecular weight excluding hydrogens is 287 g/mol. The molecule has 0 aliphatic heterocycles. The number of rotatable bonds is 5. The Kier molecular flexibility index (Phi) is 5.12. The lowest BCUT2D eigenvalue weighted by atomic mass is 9.91. The van der Waals surface area contributed by atoms with Crippen LogP contribution < -0.4 is 0 Å². The summed E-state index contributed by atoms with van der Waals surface area (Å²) in [5, 5.41) is 9.10. The summed E-state index contributed by atoms with van der Waals surface area (Å²) in [5.74, 6) is -1.45. The second-order valence-corrected chi connectivity index (χ2v) is 5.52. The van der Waals surface area contributed by atoms with Crippen LogP contribution in [0.3, 0.4) is 0 Å². The summed E-state index contributed by atoms with van der Waals surface area (Å²) in [6.45, 7) is 3.93. The molecule has 0 radical (unpaired) electrons. The van der Waals surface area contributed by atoms with Crippen molar-refractivity contribution in [2.24, 2.45) is 11.8 Å². The molecule has 1 N–H and O–H groups in total. The van der Waals surface area contributed by atoms with E-state index in [0.717, 1.165) is 0 Å². The van der Waals surface area contributed by atoms with Gasteiger partial charge in [-0.15, -0.1) is 0 Å². The van der Waals surface area contributed by atoms with Crippen LogP contribution in [0.5, 0.6) is 0 Å². The van der Waals surface area contributed by atoms with Crippen LogP contribution in [0.25, 0.3) is 0 Å². The second kappa shape index (κ2) is 6.15. The summed E-state index contributed by atoms with van der Waals surface area (Å²) in [5.41, 5.74) is 0.459. The van der Waals surface area contributed by atoms with Crippen LogP contribution in [0.4, 0.5) is 4.39 Å². The molecular formula is C13H16BrFO2. The van der Waals surface area contributed by atoms with E-state index >= 15 is 0 Å². The third kappa shape index (κ3) is 4.46. The Morgan fingerprint density at radius 1 is 1.47 bits per heavy atom. The van der Waals surface area contributed by atoms with Crippen molar-refractivity contribution >= 4 is 21.9 Å². The molecule has 0 heterocycles. The number of benzene rings is 1. The van der Waals surface area contributed by atoms with Gasteiger partial charge in [-0.1, -0.05) is 35.8 Å². The predicted octanol–water partition coefficient (Wildman–Crippen LogP) is 3.88. The van der Waals surface area contributed by atoms with Crippen molar-refractivity contribution in [2.45, 2.75) is 26.7 Å². The molecule has 0 aliphatic rings. The van der Waals surface area contributed by atoms with Crippen molar-refractivity contribution in [3.05, 3.63) is 34.1 Å². The van der Waals surface area contributed by atoms with E-state index in [0.29, 0.717) is 16.5 Å². The van der Waals surface area contributed by atoms with E-state index in [2.05, 4.69) is 15.9 Å². The quantitative estimate of drug-likeness (QED) is 0.896. The van der Waals surface area contributed by atoms with E-state index < -0.39 is 11.9 Å². The average molecular weight is 303 g/mol. The highest BCUT2D eigenvalue weighted by molar-refractivity contribution is 9.10. The maximum Gasteiger partial charge on any atom is 0.306 e. The predicted molar refractivity (Wildman–Crippen MR) is 68.4 cm³/mol. The molecule has 0 aromatic heterocycles. The normalized spacial score (nSPS) is 12.8. The fourth-order valence-electron chi connectivity index (χ4n) is 1.79. The van der Waals surface area contributed by atoms with Gasteiger partial charge in [0, 0.05) is 4.47 Å². The topological polar surface area (TPSA) is 37.3 Å². The lowest BCUT2D eigenvalue weighted by molar-refractivity contribution is -0.142. The Morgan fingerprint density at radius 3 is 2.59 bits per heavy atom. The Labute approximate surface area is 109 Å². The van der Waals surface area contributed by atoms with Crippen molar-refractivity contribution in [1.82, 2.24) is 0 Å². The van der Waals surface area contributed by atoms with Gasteiger partial charge < -0.3 is 5.11 Å². The van der Waals surface area contributed by atoms with Gasteiger partial charge in [0.1, 0.15) is 5.82 Å². The molecule has 1 aromatic rings. The van der Waals surface area contributed by atoms with E-state index in [1.54, 1.807) is 12.1 Å². The van der Waals surface area contributed by atoms with E-state index in [-0.39, 0.29) is 18.2 Å². The highest BCUT2D eigenvalue weighted by Gasteiger charge is 2.20. The minimum atomic E-state index is -0.860. The lowest BCUT2D eigenvalue weighted by Gasteiger charge is -2.15. The SMILES string of the molecule is CC(C)CC(Cc1ccc(Br)cc1F)C(=O)O. The van der Waals surface area contributed by atoms with Crippen LogP contribution >= 0.6 is 15.9 Å². The number of halogens is 2. The smallest absolute Gasteiger partial charge is 0.306 e. The highest BCUT2D eigenvalue weighted by atomic mass is 79.9. The Balaban J connectivity index is 2.82. The zero-order valence-corrected chi connectivity index (χ0v) is 11.5. The number of hydrogen-bond acceptors (Lipinski definition) is 1. The van der Waals surface area contributed by atoms with Crippen LogP contribution in [0.15, 0.2) is 22.7 Å².